The fourth-order valence-corrected chi connectivity index (χ4v) is 2.62. The molecule has 1 nitrogen and oxygen atoms in total. The van der Waals surface area contributed by atoms with Gasteiger partial charge in [0.1, 0.15) is 0 Å². The smallest absolute Gasteiger partial charge is 0.0462 e. The van der Waals surface area contributed by atoms with Crippen molar-refractivity contribution in [3.8, 4) is 0 Å². The van der Waals surface area contributed by atoms with Crippen molar-refractivity contribution in [3.05, 3.63) is 0 Å². The molecule has 2 rings (SSSR count). The third-order valence-electron chi connectivity index (χ3n) is 3.47. The van der Waals surface area contributed by atoms with Gasteiger partial charge in [-0.05, 0) is 24.2 Å². The Balaban J connectivity index is 1.77. The normalized spacial score (nSPS) is 39.0. The molecule has 2 aliphatic carbocycles. The largest absolute Gasteiger partial charge is 0.396 e. The van der Waals surface area contributed by atoms with E-state index in [1.165, 1.54) is 38.5 Å². The number of aliphatic hydroxyl groups excluding tert-OH is 1. The van der Waals surface area contributed by atoms with Crippen LogP contribution >= 0.6 is 0 Å². The van der Waals surface area contributed by atoms with E-state index in [0.29, 0.717) is 12.5 Å². The van der Waals surface area contributed by atoms with E-state index in [9.17, 15) is 0 Å². The van der Waals surface area contributed by atoms with Crippen molar-refractivity contribution in [2.24, 2.45) is 17.8 Å². The van der Waals surface area contributed by atoms with E-state index in [0.717, 1.165) is 11.8 Å². The van der Waals surface area contributed by atoms with Gasteiger partial charge < -0.3 is 5.11 Å². The third-order valence-corrected chi connectivity index (χ3v) is 3.47. The lowest BCUT2D eigenvalue weighted by atomic mass is 9.85. The van der Waals surface area contributed by atoms with Crippen molar-refractivity contribution in [1.82, 2.24) is 0 Å². The average Bonchev–Trinajstić information content (AvgIpc) is 2.85. The molecule has 0 radical (unpaired) electrons. The van der Waals surface area contributed by atoms with Crippen molar-refractivity contribution in [3.63, 3.8) is 0 Å². The van der Waals surface area contributed by atoms with Crippen LogP contribution in [0.2, 0.25) is 0 Å². The van der Waals surface area contributed by atoms with Crippen LogP contribution in [0.25, 0.3) is 0 Å². The predicted octanol–water partition coefficient (Wildman–Crippen LogP) is 2.20. The first-order valence-electron chi connectivity index (χ1n) is 5.02. The van der Waals surface area contributed by atoms with E-state index in [1.807, 2.05) is 0 Å². The van der Waals surface area contributed by atoms with E-state index >= 15 is 0 Å². The Bertz CT molecular complexity index is 127. The lowest BCUT2D eigenvalue weighted by molar-refractivity contribution is 0.241. The molecule has 1 heteroatoms. The lowest BCUT2D eigenvalue weighted by Crippen LogP contribution is -2.10. The van der Waals surface area contributed by atoms with Gasteiger partial charge in [0.15, 0.2) is 0 Å². The summed E-state index contributed by atoms with van der Waals surface area (Å²) in [5.74, 6) is 2.60. The SMILES string of the molecule is OC[C@@H]1C[C@H]1C1CCCCC1. The van der Waals surface area contributed by atoms with Gasteiger partial charge in [-0.2, -0.15) is 0 Å². The van der Waals surface area contributed by atoms with Crippen LogP contribution in [-0.4, -0.2) is 11.7 Å². The molecule has 2 aliphatic rings. The first-order chi connectivity index (χ1) is 5.42. The Morgan fingerprint density at radius 2 is 1.82 bits per heavy atom. The zero-order valence-electron chi connectivity index (χ0n) is 7.13. The van der Waals surface area contributed by atoms with Crippen molar-refractivity contribution >= 4 is 0 Å². The van der Waals surface area contributed by atoms with Crippen molar-refractivity contribution in [1.29, 1.82) is 0 Å². The molecule has 0 amide bonds. The highest BCUT2D eigenvalue weighted by Gasteiger charge is 2.41. The minimum absolute atomic E-state index is 0.446. The quantitative estimate of drug-likeness (QED) is 0.646. The molecule has 0 bridgehead atoms. The Morgan fingerprint density at radius 1 is 1.09 bits per heavy atom. The second-order valence-electron chi connectivity index (χ2n) is 4.24. The predicted molar refractivity (Wildman–Crippen MR) is 45.3 cm³/mol. The summed E-state index contributed by atoms with van der Waals surface area (Å²) >= 11 is 0. The first kappa shape index (κ1) is 7.60. The Hall–Kier alpha value is -0.0400. The second-order valence-corrected chi connectivity index (χ2v) is 4.24. The van der Waals surface area contributed by atoms with E-state index in [2.05, 4.69) is 0 Å². The molecule has 2 atom stereocenters. The van der Waals surface area contributed by atoms with Crippen LogP contribution < -0.4 is 0 Å². The van der Waals surface area contributed by atoms with Gasteiger partial charge in [0.25, 0.3) is 0 Å². The summed E-state index contributed by atoms with van der Waals surface area (Å²) in [7, 11) is 0. The van der Waals surface area contributed by atoms with Crippen LogP contribution in [0.4, 0.5) is 0 Å². The molecule has 0 heterocycles. The first-order valence-corrected chi connectivity index (χ1v) is 5.02. The molecule has 0 aromatic heterocycles. The number of aliphatic hydroxyl groups is 1. The minimum Gasteiger partial charge on any atom is -0.396 e. The minimum atomic E-state index is 0.446. The highest BCUT2D eigenvalue weighted by molar-refractivity contribution is 4.91. The van der Waals surface area contributed by atoms with Gasteiger partial charge in [0.05, 0.1) is 0 Å². The van der Waals surface area contributed by atoms with E-state index in [-0.39, 0.29) is 0 Å². The van der Waals surface area contributed by atoms with Crippen LogP contribution in [0.15, 0.2) is 0 Å². The standard InChI is InChI=1S/C10H18O/c11-7-9-6-10(9)8-4-2-1-3-5-8/h8-11H,1-7H2/t9-,10-/m0/s1. The van der Waals surface area contributed by atoms with Gasteiger partial charge in [0, 0.05) is 6.61 Å². The van der Waals surface area contributed by atoms with Gasteiger partial charge >= 0.3 is 0 Å². The molecular weight excluding hydrogens is 136 g/mol. The average molecular weight is 154 g/mol. The maximum absolute atomic E-state index is 8.91. The molecule has 1 N–H and O–H groups in total. The van der Waals surface area contributed by atoms with Gasteiger partial charge in [0.2, 0.25) is 0 Å². The fourth-order valence-electron chi connectivity index (χ4n) is 2.62. The summed E-state index contributed by atoms with van der Waals surface area (Å²) in [6, 6.07) is 0. The summed E-state index contributed by atoms with van der Waals surface area (Å²) in [6.45, 7) is 0.446. The second kappa shape index (κ2) is 3.14. The van der Waals surface area contributed by atoms with E-state index in [1.54, 1.807) is 0 Å². The fraction of sp³-hybridized carbons (Fsp3) is 1.00. The molecule has 0 aromatic carbocycles. The molecule has 2 fully saturated rings. The maximum Gasteiger partial charge on any atom is 0.0462 e. The summed E-state index contributed by atoms with van der Waals surface area (Å²) in [5.41, 5.74) is 0. The Labute approximate surface area is 68.8 Å². The Kier molecular flexibility index (Phi) is 2.17. The number of hydrogen-bond donors (Lipinski definition) is 1. The van der Waals surface area contributed by atoms with Crippen LogP contribution in [0.5, 0.6) is 0 Å². The van der Waals surface area contributed by atoms with Gasteiger partial charge in [-0.3, -0.25) is 0 Å². The highest BCUT2D eigenvalue weighted by Crippen LogP contribution is 2.48. The van der Waals surface area contributed by atoms with E-state index in [4.69, 9.17) is 5.11 Å². The van der Waals surface area contributed by atoms with Crippen LogP contribution in [0.3, 0.4) is 0 Å². The zero-order valence-corrected chi connectivity index (χ0v) is 7.13. The molecule has 0 spiro atoms. The molecule has 11 heavy (non-hydrogen) atoms. The Morgan fingerprint density at radius 3 is 2.36 bits per heavy atom. The summed E-state index contributed by atoms with van der Waals surface area (Å²) < 4.78 is 0. The van der Waals surface area contributed by atoms with Crippen molar-refractivity contribution < 1.29 is 5.11 Å². The number of hydrogen-bond acceptors (Lipinski definition) is 1. The van der Waals surface area contributed by atoms with Gasteiger partial charge in [-0.15, -0.1) is 0 Å². The summed E-state index contributed by atoms with van der Waals surface area (Å²) in [4.78, 5) is 0. The van der Waals surface area contributed by atoms with Crippen molar-refractivity contribution in [2.45, 2.75) is 38.5 Å². The molecule has 0 saturated heterocycles. The number of rotatable bonds is 2. The molecular formula is C10H18O. The summed E-state index contributed by atoms with van der Waals surface area (Å²) in [6.07, 6.45) is 8.55. The monoisotopic (exact) mass is 154 g/mol. The van der Waals surface area contributed by atoms with Crippen molar-refractivity contribution in [2.75, 3.05) is 6.61 Å². The lowest BCUT2D eigenvalue weighted by Gasteiger charge is -2.21. The van der Waals surface area contributed by atoms with E-state index < -0.39 is 0 Å². The summed E-state index contributed by atoms with van der Waals surface area (Å²) in [5, 5.41) is 8.91. The topological polar surface area (TPSA) is 20.2 Å². The molecule has 0 aliphatic heterocycles. The van der Waals surface area contributed by atoms with Crippen LogP contribution in [0, 0.1) is 17.8 Å². The molecule has 64 valence electrons. The third kappa shape index (κ3) is 1.58. The van der Waals surface area contributed by atoms with Crippen LogP contribution in [-0.2, 0) is 0 Å². The van der Waals surface area contributed by atoms with Gasteiger partial charge in [-0.25, -0.2) is 0 Å². The molecule has 2 saturated carbocycles. The van der Waals surface area contributed by atoms with Gasteiger partial charge in [-0.1, -0.05) is 32.1 Å². The highest BCUT2D eigenvalue weighted by atomic mass is 16.3. The molecule has 0 aromatic rings. The maximum atomic E-state index is 8.91. The molecule has 0 unspecified atom stereocenters. The zero-order chi connectivity index (χ0) is 7.68. The van der Waals surface area contributed by atoms with Crippen LogP contribution in [0.1, 0.15) is 38.5 Å².